The molecule has 6 heteroatoms. The van der Waals surface area contributed by atoms with E-state index in [2.05, 4.69) is 42.0 Å². The molecule has 4 nitrogen and oxygen atoms in total. The summed E-state index contributed by atoms with van der Waals surface area (Å²) in [6, 6.07) is 1.76. The Hall–Kier alpha value is -0.620. The molecule has 0 saturated carbocycles. The molecule has 0 aromatic carbocycles. The lowest BCUT2D eigenvalue weighted by molar-refractivity contribution is 0.318. The molecule has 1 rings (SSSR count). The summed E-state index contributed by atoms with van der Waals surface area (Å²) in [6.45, 7) is 0. The number of pyridine rings is 1. The molecule has 0 atom stereocenters. The minimum absolute atomic E-state index is 0.0191. The van der Waals surface area contributed by atoms with Gasteiger partial charge in [-0.1, -0.05) is 5.16 Å². The van der Waals surface area contributed by atoms with Crippen LogP contribution in [0.15, 0.2) is 26.4 Å². The fourth-order valence-electron chi connectivity index (χ4n) is 0.650. The lowest BCUT2D eigenvalue weighted by Gasteiger charge is -2.00. The third kappa shape index (κ3) is 1.95. The van der Waals surface area contributed by atoms with Gasteiger partial charge in [0.2, 0.25) is 0 Å². The molecule has 0 radical (unpaired) electrons. The Morgan fingerprint density at radius 2 is 2.25 bits per heavy atom. The zero-order valence-electron chi connectivity index (χ0n) is 5.83. The Morgan fingerprint density at radius 1 is 1.58 bits per heavy atom. The van der Waals surface area contributed by atoms with Gasteiger partial charge in [0.1, 0.15) is 5.69 Å². The van der Waals surface area contributed by atoms with Crippen molar-refractivity contribution in [3.05, 3.63) is 26.9 Å². The van der Waals surface area contributed by atoms with Gasteiger partial charge in [-0.05, 0) is 37.9 Å². The van der Waals surface area contributed by atoms with Crippen molar-refractivity contribution in [2.75, 3.05) is 0 Å². The first-order valence-corrected chi connectivity index (χ1v) is 4.52. The summed E-state index contributed by atoms with van der Waals surface area (Å²) in [5, 5.41) is 11.2. The molecule has 0 unspecified atom stereocenters. The maximum Gasteiger partial charge on any atom is 0.189 e. The van der Waals surface area contributed by atoms with E-state index in [0.29, 0.717) is 10.2 Å². The van der Waals surface area contributed by atoms with Crippen LogP contribution in [0.3, 0.4) is 0 Å². The number of halogens is 2. The highest BCUT2D eigenvalue weighted by Gasteiger charge is 2.06. The Labute approximate surface area is 85.7 Å². The standard InChI is InChI=1S/C6H5Br2N3O/c7-3-1-4(8)5(10-2-3)6(9)11-12/h1-2,12H,(H2,9,11). The van der Waals surface area contributed by atoms with Crippen LogP contribution < -0.4 is 5.73 Å². The molecule has 0 fully saturated rings. The van der Waals surface area contributed by atoms with Crippen molar-refractivity contribution in [3.8, 4) is 0 Å². The van der Waals surface area contributed by atoms with Crippen molar-refractivity contribution in [2.45, 2.75) is 0 Å². The van der Waals surface area contributed by atoms with Gasteiger partial charge in [0.15, 0.2) is 5.84 Å². The molecule has 1 heterocycles. The molecule has 0 aliphatic carbocycles. The van der Waals surface area contributed by atoms with Gasteiger partial charge in [-0.2, -0.15) is 0 Å². The van der Waals surface area contributed by atoms with E-state index in [1.54, 1.807) is 12.3 Å². The van der Waals surface area contributed by atoms with E-state index >= 15 is 0 Å². The highest BCUT2D eigenvalue weighted by molar-refractivity contribution is 9.11. The van der Waals surface area contributed by atoms with Crippen molar-refractivity contribution in [1.82, 2.24) is 4.98 Å². The van der Waals surface area contributed by atoms with E-state index in [9.17, 15) is 0 Å². The van der Waals surface area contributed by atoms with Crippen molar-refractivity contribution < 1.29 is 5.21 Å². The molecule has 0 aliphatic rings. The molecule has 12 heavy (non-hydrogen) atoms. The van der Waals surface area contributed by atoms with Crippen molar-refractivity contribution in [3.63, 3.8) is 0 Å². The van der Waals surface area contributed by atoms with Crippen LogP contribution in [0.1, 0.15) is 5.69 Å². The average molecular weight is 295 g/mol. The van der Waals surface area contributed by atoms with Gasteiger partial charge in [0, 0.05) is 15.1 Å². The molecule has 0 spiro atoms. The van der Waals surface area contributed by atoms with Crippen LogP contribution in [-0.2, 0) is 0 Å². The number of nitrogens with zero attached hydrogens (tertiary/aromatic N) is 2. The van der Waals surface area contributed by atoms with E-state index in [1.807, 2.05) is 0 Å². The van der Waals surface area contributed by atoms with Gasteiger partial charge < -0.3 is 10.9 Å². The van der Waals surface area contributed by atoms with E-state index in [0.717, 1.165) is 4.47 Å². The van der Waals surface area contributed by atoms with E-state index < -0.39 is 0 Å². The number of hydrogen-bond acceptors (Lipinski definition) is 3. The van der Waals surface area contributed by atoms with Crippen LogP contribution in [0.25, 0.3) is 0 Å². The van der Waals surface area contributed by atoms with E-state index in [-0.39, 0.29) is 5.84 Å². The van der Waals surface area contributed by atoms with Gasteiger partial charge in [-0.3, -0.25) is 4.98 Å². The number of nitrogens with two attached hydrogens (primary N) is 1. The Bertz CT molecular complexity index is 327. The predicted molar refractivity (Wildman–Crippen MR) is 52.1 cm³/mol. The Morgan fingerprint density at radius 3 is 2.75 bits per heavy atom. The largest absolute Gasteiger partial charge is 0.409 e. The topological polar surface area (TPSA) is 71.5 Å². The molecule has 1 aromatic heterocycles. The zero-order chi connectivity index (χ0) is 9.14. The molecular formula is C6H5Br2N3O. The lowest BCUT2D eigenvalue weighted by Crippen LogP contribution is -2.15. The van der Waals surface area contributed by atoms with Crippen molar-refractivity contribution in [2.24, 2.45) is 10.9 Å². The molecule has 0 aliphatic heterocycles. The molecule has 0 saturated heterocycles. The van der Waals surface area contributed by atoms with Crippen LogP contribution in [0.4, 0.5) is 0 Å². The normalized spacial score (nSPS) is 11.7. The third-order valence-electron chi connectivity index (χ3n) is 1.16. The molecule has 3 N–H and O–H groups in total. The maximum atomic E-state index is 8.37. The van der Waals surface area contributed by atoms with Crippen LogP contribution in [-0.4, -0.2) is 16.0 Å². The quantitative estimate of drug-likeness (QED) is 0.358. The number of rotatable bonds is 1. The Kier molecular flexibility index (Phi) is 3.05. The summed E-state index contributed by atoms with van der Waals surface area (Å²) in [5.74, 6) is -0.0191. The second kappa shape index (κ2) is 3.86. The first-order chi connectivity index (χ1) is 5.65. The van der Waals surface area contributed by atoms with Gasteiger partial charge >= 0.3 is 0 Å². The number of amidine groups is 1. The van der Waals surface area contributed by atoms with Gasteiger partial charge in [0.05, 0.1) is 0 Å². The van der Waals surface area contributed by atoms with Crippen LogP contribution in [0.2, 0.25) is 0 Å². The first kappa shape index (κ1) is 9.47. The summed E-state index contributed by atoms with van der Waals surface area (Å²) in [5.41, 5.74) is 5.75. The Balaban J connectivity index is 3.18. The fraction of sp³-hybridized carbons (Fsp3) is 0. The smallest absolute Gasteiger partial charge is 0.189 e. The van der Waals surface area contributed by atoms with Crippen molar-refractivity contribution in [1.29, 1.82) is 0 Å². The maximum absolute atomic E-state index is 8.37. The zero-order valence-corrected chi connectivity index (χ0v) is 9.00. The molecule has 0 amide bonds. The molecule has 64 valence electrons. The molecule has 0 bridgehead atoms. The summed E-state index contributed by atoms with van der Waals surface area (Å²) in [4.78, 5) is 3.94. The number of hydrogen-bond donors (Lipinski definition) is 2. The van der Waals surface area contributed by atoms with Crippen molar-refractivity contribution >= 4 is 37.7 Å². The van der Waals surface area contributed by atoms with E-state index in [1.165, 1.54) is 0 Å². The minimum Gasteiger partial charge on any atom is -0.409 e. The lowest BCUT2D eigenvalue weighted by atomic mass is 10.3. The number of aromatic nitrogens is 1. The van der Waals surface area contributed by atoms with Crippen LogP contribution >= 0.6 is 31.9 Å². The highest BCUT2D eigenvalue weighted by Crippen LogP contribution is 2.18. The predicted octanol–water partition coefficient (Wildman–Crippen LogP) is 1.70. The molecule has 1 aromatic rings. The summed E-state index contributed by atoms with van der Waals surface area (Å²) in [6.07, 6.45) is 1.57. The third-order valence-corrected chi connectivity index (χ3v) is 2.20. The second-order valence-electron chi connectivity index (χ2n) is 1.97. The summed E-state index contributed by atoms with van der Waals surface area (Å²) >= 11 is 6.46. The summed E-state index contributed by atoms with van der Waals surface area (Å²) < 4.78 is 1.50. The van der Waals surface area contributed by atoms with Crippen LogP contribution in [0.5, 0.6) is 0 Å². The monoisotopic (exact) mass is 293 g/mol. The summed E-state index contributed by atoms with van der Waals surface area (Å²) in [7, 11) is 0. The van der Waals surface area contributed by atoms with Crippen LogP contribution in [0, 0.1) is 0 Å². The highest BCUT2D eigenvalue weighted by atomic mass is 79.9. The van der Waals surface area contributed by atoms with E-state index in [4.69, 9.17) is 10.9 Å². The fourth-order valence-corrected chi connectivity index (χ4v) is 1.84. The number of oxime groups is 1. The van der Waals surface area contributed by atoms with Gasteiger partial charge in [-0.25, -0.2) is 0 Å². The SMILES string of the molecule is N/C(=N\O)c1ncc(Br)cc1Br. The van der Waals surface area contributed by atoms with Gasteiger partial charge in [0.25, 0.3) is 0 Å². The van der Waals surface area contributed by atoms with Gasteiger partial charge in [-0.15, -0.1) is 0 Å². The minimum atomic E-state index is -0.0191. The average Bonchev–Trinajstić information content (AvgIpc) is 2.03. The molecular weight excluding hydrogens is 290 g/mol. The second-order valence-corrected chi connectivity index (χ2v) is 3.74. The first-order valence-electron chi connectivity index (χ1n) is 2.94.